The highest BCUT2D eigenvalue weighted by atomic mass is 15.2. The van der Waals surface area contributed by atoms with Gasteiger partial charge in [0.1, 0.15) is 5.82 Å². The van der Waals surface area contributed by atoms with E-state index in [4.69, 9.17) is 10.7 Å². The molecule has 0 spiro atoms. The fraction of sp³-hybridized carbons (Fsp3) is 0.211. The Hall–Kier alpha value is -3.15. The lowest BCUT2D eigenvalue weighted by Gasteiger charge is -2.13. The van der Waals surface area contributed by atoms with E-state index in [0.717, 1.165) is 34.5 Å². The van der Waals surface area contributed by atoms with Gasteiger partial charge >= 0.3 is 0 Å². The maximum absolute atomic E-state index is 6.14. The summed E-state index contributed by atoms with van der Waals surface area (Å²) in [7, 11) is 5.98. The summed E-state index contributed by atoms with van der Waals surface area (Å²) in [6, 6.07) is 8.38. The Morgan fingerprint density at radius 3 is 2.68 bits per heavy atom. The fourth-order valence-electron chi connectivity index (χ4n) is 3.06. The zero-order valence-corrected chi connectivity index (χ0v) is 14.6. The molecule has 0 aliphatic carbocycles. The number of fused-ring (bicyclic) bond motifs is 1. The number of benzene rings is 1. The number of rotatable bonds is 3. The molecule has 0 amide bonds. The van der Waals surface area contributed by atoms with Gasteiger partial charge in [-0.3, -0.25) is 9.67 Å². The molecule has 0 saturated carbocycles. The van der Waals surface area contributed by atoms with E-state index in [0.29, 0.717) is 5.82 Å². The number of pyridine rings is 1. The second-order valence-corrected chi connectivity index (χ2v) is 6.50. The monoisotopic (exact) mass is 332 g/mol. The van der Waals surface area contributed by atoms with E-state index < -0.39 is 0 Å². The summed E-state index contributed by atoms with van der Waals surface area (Å²) >= 11 is 0. The minimum Gasteiger partial charge on any atom is -0.383 e. The average Bonchev–Trinajstić information content (AvgIpc) is 3.20. The summed E-state index contributed by atoms with van der Waals surface area (Å²) in [6.45, 7) is 0. The molecular formula is C19H20N6. The van der Waals surface area contributed by atoms with Crippen molar-refractivity contribution in [1.29, 1.82) is 0 Å². The Balaban J connectivity index is 1.71. The normalized spacial score (nSPS) is 12.8. The first-order chi connectivity index (χ1) is 12.0. The molecule has 1 aromatic carbocycles. The van der Waals surface area contributed by atoms with Crippen LogP contribution >= 0.6 is 0 Å². The lowest BCUT2D eigenvalue weighted by molar-refractivity contribution is 0.768. The molecule has 126 valence electrons. The molecule has 3 heterocycles. The first-order valence-electron chi connectivity index (χ1n) is 8.14. The number of hydrogen-bond donors (Lipinski definition) is 1. The molecule has 4 rings (SSSR count). The van der Waals surface area contributed by atoms with E-state index in [1.54, 1.807) is 10.9 Å². The second-order valence-electron chi connectivity index (χ2n) is 6.50. The lowest BCUT2D eigenvalue weighted by Crippen LogP contribution is -2.09. The molecule has 0 bridgehead atoms. The lowest BCUT2D eigenvalue weighted by atomic mass is 10.0. The molecule has 2 N–H and O–H groups in total. The average molecular weight is 332 g/mol. The summed E-state index contributed by atoms with van der Waals surface area (Å²) in [4.78, 5) is 11.2. The largest absolute Gasteiger partial charge is 0.383 e. The number of nitrogen functional groups attached to an aromatic ring is 1. The Morgan fingerprint density at radius 1 is 1.12 bits per heavy atom. The van der Waals surface area contributed by atoms with Crippen molar-refractivity contribution < 1.29 is 0 Å². The molecule has 0 saturated heterocycles. The number of aromatic nitrogens is 3. The molecule has 0 radical (unpaired) electrons. The van der Waals surface area contributed by atoms with Gasteiger partial charge in [0.15, 0.2) is 0 Å². The fourth-order valence-corrected chi connectivity index (χ4v) is 3.06. The van der Waals surface area contributed by atoms with Gasteiger partial charge in [0.2, 0.25) is 0 Å². The van der Waals surface area contributed by atoms with Crippen LogP contribution in [0.5, 0.6) is 0 Å². The van der Waals surface area contributed by atoms with Crippen LogP contribution in [0.2, 0.25) is 0 Å². The van der Waals surface area contributed by atoms with E-state index in [-0.39, 0.29) is 0 Å². The minimum absolute atomic E-state index is 0.507. The van der Waals surface area contributed by atoms with Gasteiger partial charge in [0.25, 0.3) is 0 Å². The van der Waals surface area contributed by atoms with Crippen molar-refractivity contribution in [2.75, 3.05) is 24.7 Å². The zero-order chi connectivity index (χ0) is 17.6. The van der Waals surface area contributed by atoms with Crippen LogP contribution in [0.4, 0.5) is 17.2 Å². The zero-order valence-electron chi connectivity index (χ0n) is 14.6. The number of aryl methyl sites for hydroxylation is 1. The Labute approximate surface area is 146 Å². The highest BCUT2D eigenvalue weighted by molar-refractivity contribution is 6.10. The van der Waals surface area contributed by atoms with Crippen molar-refractivity contribution in [3.63, 3.8) is 0 Å². The van der Waals surface area contributed by atoms with Gasteiger partial charge in [0.05, 0.1) is 17.6 Å². The number of nitrogens with zero attached hydrogens (tertiary/aromatic N) is 5. The molecule has 3 aromatic rings. The Morgan fingerprint density at radius 2 is 1.96 bits per heavy atom. The van der Waals surface area contributed by atoms with Gasteiger partial charge in [-0.1, -0.05) is 0 Å². The van der Waals surface area contributed by atoms with Crippen molar-refractivity contribution >= 4 is 22.9 Å². The number of aliphatic imine (C=N–C) groups is 1. The maximum atomic E-state index is 6.14. The van der Waals surface area contributed by atoms with Gasteiger partial charge in [0, 0.05) is 62.3 Å². The van der Waals surface area contributed by atoms with Gasteiger partial charge < -0.3 is 10.6 Å². The molecule has 25 heavy (non-hydrogen) atoms. The summed E-state index contributed by atoms with van der Waals surface area (Å²) in [5.74, 6) is 0.507. The van der Waals surface area contributed by atoms with Crippen LogP contribution in [0.3, 0.4) is 0 Å². The van der Waals surface area contributed by atoms with Crippen molar-refractivity contribution in [2.45, 2.75) is 6.42 Å². The standard InChI is InChI=1S/C19H20N6/c1-24(2)15-4-5-17-12(6-15)8-18(23-17)16-7-13(9-21-19(16)20)14-10-22-25(3)11-14/h4-7,9-11H,8H2,1-3H3,(H2,20,21). The van der Waals surface area contributed by atoms with Crippen LogP contribution < -0.4 is 10.6 Å². The third kappa shape index (κ3) is 2.76. The molecular weight excluding hydrogens is 312 g/mol. The van der Waals surface area contributed by atoms with Crippen LogP contribution in [0.15, 0.2) is 47.8 Å². The molecule has 2 aromatic heterocycles. The van der Waals surface area contributed by atoms with Crippen molar-refractivity contribution in [3.8, 4) is 11.1 Å². The van der Waals surface area contributed by atoms with Crippen LogP contribution in [-0.2, 0) is 13.5 Å². The highest BCUT2D eigenvalue weighted by Gasteiger charge is 2.20. The third-order valence-electron chi connectivity index (χ3n) is 4.46. The first-order valence-corrected chi connectivity index (χ1v) is 8.14. The van der Waals surface area contributed by atoms with Crippen molar-refractivity contribution in [1.82, 2.24) is 14.8 Å². The van der Waals surface area contributed by atoms with Crippen molar-refractivity contribution in [3.05, 3.63) is 54.0 Å². The molecule has 1 aliphatic rings. The van der Waals surface area contributed by atoms with Crippen LogP contribution in [-0.4, -0.2) is 34.6 Å². The highest BCUT2D eigenvalue weighted by Crippen LogP contribution is 2.33. The Kier molecular flexibility index (Phi) is 3.53. The predicted octanol–water partition coefficient (Wildman–Crippen LogP) is 2.81. The Bertz CT molecular complexity index is 983. The second kappa shape index (κ2) is 5.73. The molecule has 0 atom stereocenters. The van der Waals surface area contributed by atoms with Crippen molar-refractivity contribution in [2.24, 2.45) is 12.0 Å². The van der Waals surface area contributed by atoms with Gasteiger partial charge in [-0.05, 0) is 29.8 Å². The van der Waals surface area contributed by atoms with E-state index in [1.807, 2.05) is 33.5 Å². The van der Waals surface area contributed by atoms with Gasteiger partial charge in [-0.2, -0.15) is 5.10 Å². The van der Waals surface area contributed by atoms with Crippen LogP contribution in [0.1, 0.15) is 11.1 Å². The summed E-state index contributed by atoms with van der Waals surface area (Å²) in [5, 5.41) is 4.22. The number of nitrogens with two attached hydrogens (primary N) is 1. The van der Waals surface area contributed by atoms with Crippen LogP contribution in [0.25, 0.3) is 11.1 Å². The van der Waals surface area contributed by atoms with Gasteiger partial charge in [-0.25, -0.2) is 4.98 Å². The smallest absolute Gasteiger partial charge is 0.132 e. The maximum Gasteiger partial charge on any atom is 0.132 e. The van der Waals surface area contributed by atoms with E-state index in [2.05, 4.69) is 39.2 Å². The topological polar surface area (TPSA) is 72.3 Å². The summed E-state index contributed by atoms with van der Waals surface area (Å²) in [5.41, 5.74) is 13.4. The van der Waals surface area contributed by atoms with Crippen LogP contribution in [0, 0.1) is 0 Å². The molecule has 1 aliphatic heterocycles. The number of anilines is 2. The van der Waals surface area contributed by atoms with E-state index in [1.165, 1.54) is 11.3 Å². The van der Waals surface area contributed by atoms with E-state index >= 15 is 0 Å². The van der Waals surface area contributed by atoms with Gasteiger partial charge in [-0.15, -0.1) is 0 Å². The molecule has 6 nitrogen and oxygen atoms in total. The predicted molar refractivity (Wildman–Crippen MR) is 102 cm³/mol. The quantitative estimate of drug-likeness (QED) is 0.800. The number of hydrogen-bond acceptors (Lipinski definition) is 5. The summed E-state index contributed by atoms with van der Waals surface area (Å²) < 4.78 is 1.77. The first kappa shape index (κ1) is 15.4. The van der Waals surface area contributed by atoms with E-state index in [9.17, 15) is 0 Å². The molecule has 0 fully saturated rings. The third-order valence-corrected chi connectivity index (χ3v) is 4.46. The SMILES string of the molecule is CN(C)c1ccc2c(c1)CC(c1cc(-c3cnn(C)c3)cnc1N)=N2. The molecule has 6 heteroatoms. The minimum atomic E-state index is 0.507. The summed E-state index contributed by atoms with van der Waals surface area (Å²) in [6.07, 6.45) is 6.33. The molecule has 0 unspecified atom stereocenters.